The number of allylic oxidation sites excluding steroid dienone is 1. The van der Waals surface area contributed by atoms with Gasteiger partial charge in [0.15, 0.2) is 0 Å². The molecule has 160 valence electrons. The molecule has 0 bridgehead atoms. The van der Waals surface area contributed by atoms with Crippen LogP contribution < -0.4 is 5.32 Å². The number of esters is 1. The summed E-state index contributed by atoms with van der Waals surface area (Å²) in [7, 11) is 1.33. The maximum atomic E-state index is 13.1. The third-order valence-electron chi connectivity index (χ3n) is 5.45. The van der Waals surface area contributed by atoms with Gasteiger partial charge in [-0.2, -0.15) is 5.26 Å². The van der Waals surface area contributed by atoms with Crippen molar-refractivity contribution in [3.63, 3.8) is 0 Å². The van der Waals surface area contributed by atoms with E-state index in [-0.39, 0.29) is 30.3 Å². The van der Waals surface area contributed by atoms with Gasteiger partial charge < -0.3 is 10.1 Å². The summed E-state index contributed by atoms with van der Waals surface area (Å²) in [6.07, 6.45) is 1.09. The monoisotopic (exact) mass is 442 g/mol. The predicted octanol–water partition coefficient (Wildman–Crippen LogP) is 4.76. The number of carbonyl (C=O) groups is 2. The molecule has 0 spiro atoms. The van der Waals surface area contributed by atoms with Gasteiger partial charge in [0.1, 0.15) is 11.6 Å². The number of methoxy groups -OCH3 is 1. The van der Waals surface area contributed by atoms with E-state index < -0.39 is 0 Å². The van der Waals surface area contributed by atoms with Crippen LogP contribution in [0.15, 0.2) is 71.1 Å². The van der Waals surface area contributed by atoms with Crippen LogP contribution >= 0.6 is 11.8 Å². The molecule has 0 fully saturated rings. The second-order valence-corrected chi connectivity index (χ2v) is 8.50. The number of hydrogen-bond donors (Lipinski definition) is 1. The largest absolute Gasteiger partial charge is 0.469 e. The van der Waals surface area contributed by atoms with Gasteiger partial charge in [-0.05, 0) is 23.4 Å². The molecule has 0 heterocycles. The molecule has 4 rings (SSSR count). The number of Topliss-reactive ketones (excluding diaryl/α,β-unsaturated/α-hetero) is 1. The number of carbonyl (C=O) groups excluding carboxylic acids is 2. The van der Waals surface area contributed by atoms with E-state index in [1.165, 1.54) is 12.7 Å². The zero-order valence-electron chi connectivity index (χ0n) is 17.7. The van der Waals surface area contributed by atoms with Crippen LogP contribution in [-0.4, -0.2) is 31.2 Å². The van der Waals surface area contributed by atoms with Crippen molar-refractivity contribution in [2.24, 2.45) is 0 Å². The van der Waals surface area contributed by atoms with E-state index in [9.17, 15) is 14.9 Å². The molecule has 6 heteroatoms. The summed E-state index contributed by atoms with van der Waals surface area (Å²) in [4.78, 5) is 25.7. The van der Waals surface area contributed by atoms with Crippen molar-refractivity contribution in [1.82, 2.24) is 5.32 Å². The molecule has 0 aromatic heterocycles. The normalized spacial score (nSPS) is 12.6. The molecule has 0 saturated carbocycles. The second-order valence-electron chi connectivity index (χ2n) is 7.37. The van der Waals surface area contributed by atoms with Crippen LogP contribution in [0.1, 0.15) is 27.9 Å². The quantitative estimate of drug-likeness (QED) is 0.400. The number of benzene rings is 3. The predicted molar refractivity (Wildman–Crippen MR) is 126 cm³/mol. The molecule has 0 saturated heterocycles. The summed E-state index contributed by atoms with van der Waals surface area (Å²) in [5.74, 6) is 0.271. The molecule has 1 N–H and O–H groups in total. The molecule has 1 aliphatic rings. The Hall–Kier alpha value is -3.56. The van der Waals surface area contributed by atoms with Gasteiger partial charge in [-0.15, -0.1) is 11.8 Å². The molecule has 3 aromatic rings. The van der Waals surface area contributed by atoms with Crippen molar-refractivity contribution in [1.29, 1.82) is 5.26 Å². The number of ketones is 1. The molecule has 1 aliphatic carbocycles. The molecule has 0 atom stereocenters. The number of nitriles is 1. The van der Waals surface area contributed by atoms with Crippen LogP contribution in [0.25, 0.3) is 16.5 Å². The molecule has 0 amide bonds. The van der Waals surface area contributed by atoms with Crippen LogP contribution in [-0.2, 0) is 16.0 Å². The first-order valence-corrected chi connectivity index (χ1v) is 11.3. The molecule has 0 radical (unpaired) electrons. The van der Waals surface area contributed by atoms with Crippen LogP contribution in [0.4, 0.5) is 0 Å². The Bertz CT molecular complexity index is 1260. The maximum absolute atomic E-state index is 13.1. The molecule has 0 unspecified atom stereocenters. The fourth-order valence-corrected chi connectivity index (χ4v) is 4.94. The average Bonchev–Trinajstić information content (AvgIpc) is 2.83. The average molecular weight is 443 g/mol. The fourth-order valence-electron chi connectivity index (χ4n) is 3.89. The number of nitrogens with zero attached hydrogens (tertiary/aromatic N) is 1. The standard InChI is InChI=1S/C26H22N2O3S/c1-31-23(29)12-14-28-25-19-10-11-22(32-15-13-17-6-3-2-4-7-17)18-8-5-9-20(24(18)19)26(30)21(25)16-27/h2-11,28H,12-15H2,1H3. The lowest BCUT2D eigenvalue weighted by Crippen LogP contribution is -2.24. The molecule has 0 aliphatic heterocycles. The summed E-state index contributed by atoms with van der Waals surface area (Å²) in [5, 5.41) is 14.7. The van der Waals surface area contributed by atoms with Gasteiger partial charge in [0.25, 0.3) is 0 Å². The molecular weight excluding hydrogens is 420 g/mol. The van der Waals surface area contributed by atoms with Crippen molar-refractivity contribution in [3.8, 4) is 6.07 Å². The Balaban J connectivity index is 1.66. The van der Waals surface area contributed by atoms with E-state index in [4.69, 9.17) is 0 Å². The van der Waals surface area contributed by atoms with Crippen molar-refractivity contribution in [3.05, 3.63) is 82.9 Å². The smallest absolute Gasteiger partial charge is 0.307 e. The first-order valence-electron chi connectivity index (χ1n) is 10.4. The van der Waals surface area contributed by atoms with Crippen molar-refractivity contribution >= 4 is 40.0 Å². The molecule has 5 nitrogen and oxygen atoms in total. The summed E-state index contributed by atoms with van der Waals surface area (Å²) in [6, 6.07) is 22.1. The Kier molecular flexibility index (Phi) is 6.58. The van der Waals surface area contributed by atoms with Crippen LogP contribution in [0.3, 0.4) is 0 Å². The minimum atomic E-state index is -0.352. The first kappa shape index (κ1) is 21.7. The van der Waals surface area contributed by atoms with Crippen LogP contribution in [0.5, 0.6) is 0 Å². The SMILES string of the molecule is COC(=O)CCNC1=C(C#N)C(=O)c2cccc3c(SCCc4ccccc4)ccc1c23. The number of nitrogens with one attached hydrogen (secondary N) is 1. The zero-order chi connectivity index (χ0) is 22.5. The zero-order valence-corrected chi connectivity index (χ0v) is 18.5. The maximum Gasteiger partial charge on any atom is 0.307 e. The van der Waals surface area contributed by atoms with Crippen LogP contribution in [0, 0.1) is 11.3 Å². The number of aryl methyl sites for hydroxylation is 1. The topological polar surface area (TPSA) is 79.2 Å². The Morgan fingerprint density at radius 2 is 1.88 bits per heavy atom. The minimum absolute atomic E-state index is 0.0688. The lowest BCUT2D eigenvalue weighted by Gasteiger charge is -2.22. The van der Waals surface area contributed by atoms with Gasteiger partial charge in [-0.3, -0.25) is 9.59 Å². The number of ether oxygens (including phenoxy) is 1. The van der Waals surface area contributed by atoms with Gasteiger partial charge in [0, 0.05) is 33.7 Å². The summed E-state index contributed by atoms with van der Waals surface area (Å²) in [5.41, 5.74) is 3.18. The highest BCUT2D eigenvalue weighted by molar-refractivity contribution is 7.99. The van der Waals surface area contributed by atoms with Crippen molar-refractivity contribution in [2.75, 3.05) is 19.4 Å². The van der Waals surface area contributed by atoms with Gasteiger partial charge in [0.05, 0.1) is 19.2 Å². The van der Waals surface area contributed by atoms with Gasteiger partial charge >= 0.3 is 5.97 Å². The Morgan fingerprint density at radius 3 is 2.62 bits per heavy atom. The highest BCUT2D eigenvalue weighted by Crippen LogP contribution is 2.39. The van der Waals surface area contributed by atoms with E-state index in [0.29, 0.717) is 11.3 Å². The van der Waals surface area contributed by atoms with Gasteiger partial charge in [-0.25, -0.2) is 0 Å². The van der Waals surface area contributed by atoms with Crippen LogP contribution in [0.2, 0.25) is 0 Å². The fraction of sp³-hybridized carbons (Fsp3) is 0.192. The second kappa shape index (κ2) is 9.71. The summed E-state index contributed by atoms with van der Waals surface area (Å²) in [6.45, 7) is 0.275. The number of thioether (sulfide) groups is 1. The first-order chi connectivity index (χ1) is 15.6. The third kappa shape index (κ3) is 4.25. The van der Waals surface area contributed by atoms with Crippen molar-refractivity contribution < 1.29 is 14.3 Å². The Labute approximate surface area is 191 Å². The Morgan fingerprint density at radius 1 is 1.06 bits per heavy atom. The van der Waals surface area contributed by atoms with Gasteiger partial charge in [-0.1, -0.05) is 54.6 Å². The molecule has 3 aromatic carbocycles. The van der Waals surface area contributed by atoms with E-state index >= 15 is 0 Å². The van der Waals surface area contributed by atoms with E-state index in [1.54, 1.807) is 17.8 Å². The van der Waals surface area contributed by atoms with E-state index in [1.807, 2.05) is 42.5 Å². The highest BCUT2D eigenvalue weighted by atomic mass is 32.2. The van der Waals surface area contributed by atoms with E-state index in [0.717, 1.165) is 33.4 Å². The van der Waals surface area contributed by atoms with E-state index in [2.05, 4.69) is 28.3 Å². The van der Waals surface area contributed by atoms with Crippen molar-refractivity contribution in [2.45, 2.75) is 17.7 Å². The molecule has 32 heavy (non-hydrogen) atoms. The molecular formula is C26H22N2O3S. The lowest BCUT2D eigenvalue weighted by molar-refractivity contribution is -0.140. The van der Waals surface area contributed by atoms with Gasteiger partial charge in [0.2, 0.25) is 5.78 Å². The minimum Gasteiger partial charge on any atom is -0.469 e. The lowest BCUT2D eigenvalue weighted by atomic mass is 9.86. The highest BCUT2D eigenvalue weighted by Gasteiger charge is 2.28. The summed E-state index contributed by atoms with van der Waals surface area (Å²) < 4.78 is 4.68. The summed E-state index contributed by atoms with van der Waals surface area (Å²) >= 11 is 1.76. The number of hydrogen-bond acceptors (Lipinski definition) is 6. The third-order valence-corrected chi connectivity index (χ3v) is 6.53. The number of rotatable bonds is 8.